The van der Waals surface area contributed by atoms with Crippen LogP contribution in [0.5, 0.6) is 5.75 Å². The van der Waals surface area contributed by atoms with Gasteiger partial charge in [-0.25, -0.2) is 0 Å². The maximum absolute atomic E-state index is 5.89. The van der Waals surface area contributed by atoms with Crippen molar-refractivity contribution in [3.05, 3.63) is 54.1 Å². The summed E-state index contributed by atoms with van der Waals surface area (Å²) in [7, 11) is 0. The topological polar surface area (TPSA) is 59.6 Å². The molecule has 3 N–H and O–H groups in total. The van der Waals surface area contributed by atoms with E-state index in [0.29, 0.717) is 5.69 Å². The van der Waals surface area contributed by atoms with Crippen LogP contribution in [0, 0.1) is 0 Å². The van der Waals surface area contributed by atoms with Gasteiger partial charge in [0.1, 0.15) is 11.6 Å². The second-order valence-electron chi connectivity index (χ2n) is 5.24. The Morgan fingerprint density at radius 2 is 1.95 bits per heavy atom. The lowest BCUT2D eigenvalue weighted by atomic mass is 10.1. The number of hydrogen-bond donors (Lipinski definition) is 2. The Bertz CT molecular complexity index is 667. The molecule has 1 aliphatic rings. The number of hydrogen-bond acceptors (Lipinski definition) is 3. The number of nitrogens with two attached hydrogens (primary N) is 1. The molecule has 0 saturated carbocycles. The zero-order valence-electron chi connectivity index (χ0n) is 12.2. The highest BCUT2D eigenvalue weighted by atomic mass is 16.5. The van der Waals surface area contributed by atoms with Crippen LogP contribution in [0.15, 0.2) is 53.5 Å². The number of amidine groups is 1. The maximum atomic E-state index is 5.89. The molecule has 108 valence electrons. The van der Waals surface area contributed by atoms with E-state index < -0.39 is 0 Å². The van der Waals surface area contributed by atoms with Gasteiger partial charge in [-0.2, -0.15) is 0 Å². The Morgan fingerprint density at radius 1 is 1.19 bits per heavy atom. The molecule has 2 aromatic carbocycles. The molecule has 1 heterocycles. The molecule has 3 rings (SSSR count). The second-order valence-corrected chi connectivity index (χ2v) is 5.24. The molecule has 4 heteroatoms. The van der Waals surface area contributed by atoms with Gasteiger partial charge in [0.25, 0.3) is 0 Å². The predicted molar refractivity (Wildman–Crippen MR) is 86.9 cm³/mol. The Kier molecular flexibility index (Phi) is 3.52. The van der Waals surface area contributed by atoms with Gasteiger partial charge in [0, 0.05) is 5.69 Å². The Labute approximate surface area is 124 Å². The van der Waals surface area contributed by atoms with E-state index in [9.17, 15) is 0 Å². The lowest BCUT2D eigenvalue weighted by Gasteiger charge is -2.27. The number of aliphatic imine (C=N–C) groups is 1. The van der Waals surface area contributed by atoms with Gasteiger partial charge in [0.2, 0.25) is 0 Å². The van der Waals surface area contributed by atoms with Gasteiger partial charge in [-0.1, -0.05) is 30.3 Å². The minimum atomic E-state index is -0.104. The number of rotatable bonds is 2. The van der Waals surface area contributed by atoms with Crippen molar-refractivity contribution in [2.45, 2.75) is 26.0 Å². The van der Waals surface area contributed by atoms with E-state index in [1.807, 2.05) is 43.3 Å². The number of nitrogens with one attached hydrogen (secondary N) is 1. The molecule has 0 bridgehead atoms. The first kappa shape index (κ1) is 13.5. The van der Waals surface area contributed by atoms with Crippen molar-refractivity contribution in [2.75, 3.05) is 11.1 Å². The third-order valence-corrected chi connectivity index (χ3v) is 3.57. The van der Waals surface area contributed by atoms with Crippen molar-refractivity contribution in [3.8, 4) is 5.75 Å². The number of nitrogen functional groups attached to an aromatic ring is 1. The van der Waals surface area contributed by atoms with Gasteiger partial charge in [-0.15, -0.1) is 0 Å². The minimum Gasteiger partial charge on any atom is -0.481 e. The number of anilines is 2. The van der Waals surface area contributed by atoms with E-state index in [2.05, 4.69) is 24.4 Å². The third-order valence-electron chi connectivity index (χ3n) is 3.57. The van der Waals surface area contributed by atoms with E-state index in [4.69, 9.17) is 15.5 Å². The molecule has 0 spiro atoms. The number of fused-ring (bicyclic) bond motifs is 1. The molecule has 0 saturated heterocycles. The molecule has 0 amide bonds. The van der Waals surface area contributed by atoms with Gasteiger partial charge in [-0.3, -0.25) is 4.99 Å². The molecule has 0 fully saturated rings. The molecule has 0 radical (unpaired) electrons. The van der Waals surface area contributed by atoms with E-state index in [1.54, 1.807) is 0 Å². The number of nitrogens with zero attached hydrogens (tertiary/aromatic N) is 1. The molecule has 1 aliphatic heterocycles. The van der Waals surface area contributed by atoms with Crippen LogP contribution < -0.4 is 15.8 Å². The van der Waals surface area contributed by atoms with Crippen molar-refractivity contribution in [1.29, 1.82) is 0 Å². The summed E-state index contributed by atoms with van der Waals surface area (Å²) >= 11 is 0. The standard InChI is InChI=1S/C17H19N3O/c1-11(13-6-4-3-5-7-13)19-17-12(2)21-16-9-8-14(18)10-15(16)20-17/h3-12H,18H2,1-2H3,(H,19,20). The van der Waals surface area contributed by atoms with Crippen LogP contribution in [-0.4, -0.2) is 11.9 Å². The molecular weight excluding hydrogens is 262 g/mol. The van der Waals surface area contributed by atoms with Crippen molar-refractivity contribution < 1.29 is 4.74 Å². The fourth-order valence-corrected chi connectivity index (χ4v) is 2.39. The molecule has 0 aromatic heterocycles. The van der Waals surface area contributed by atoms with E-state index in [0.717, 1.165) is 17.3 Å². The van der Waals surface area contributed by atoms with E-state index in [1.165, 1.54) is 5.56 Å². The lowest BCUT2D eigenvalue weighted by Crippen LogP contribution is -2.35. The minimum absolute atomic E-state index is 0.0716. The van der Waals surface area contributed by atoms with Gasteiger partial charge >= 0.3 is 0 Å². The molecule has 4 nitrogen and oxygen atoms in total. The summed E-state index contributed by atoms with van der Waals surface area (Å²) in [6.07, 6.45) is -0.104. The first-order valence-corrected chi connectivity index (χ1v) is 7.09. The zero-order chi connectivity index (χ0) is 14.8. The fraction of sp³-hybridized carbons (Fsp3) is 0.235. The van der Waals surface area contributed by atoms with Crippen LogP contribution in [0.4, 0.5) is 11.4 Å². The molecular formula is C17H19N3O. The SMILES string of the molecule is CC1Oc2ccc(N)cc2NC1=NC(C)c1ccccc1. The Hall–Kier alpha value is -2.49. The third kappa shape index (κ3) is 2.84. The summed E-state index contributed by atoms with van der Waals surface area (Å²) in [5.74, 6) is 1.63. The van der Waals surface area contributed by atoms with Crippen LogP contribution in [0.3, 0.4) is 0 Å². The summed E-state index contributed by atoms with van der Waals surface area (Å²) in [5, 5.41) is 3.33. The van der Waals surface area contributed by atoms with Crippen LogP contribution in [0.2, 0.25) is 0 Å². The average Bonchev–Trinajstić information content (AvgIpc) is 2.49. The van der Waals surface area contributed by atoms with Crippen molar-refractivity contribution in [2.24, 2.45) is 4.99 Å². The molecule has 21 heavy (non-hydrogen) atoms. The summed E-state index contributed by atoms with van der Waals surface area (Å²) in [6, 6.07) is 15.9. The molecule has 2 aromatic rings. The van der Waals surface area contributed by atoms with Crippen LogP contribution in [0.1, 0.15) is 25.5 Å². The quantitative estimate of drug-likeness (QED) is 0.826. The largest absolute Gasteiger partial charge is 0.481 e. The highest BCUT2D eigenvalue weighted by molar-refractivity contribution is 6.02. The predicted octanol–water partition coefficient (Wildman–Crippen LogP) is 3.62. The normalized spacial score (nSPS) is 20.3. The van der Waals surface area contributed by atoms with Crippen molar-refractivity contribution in [1.82, 2.24) is 0 Å². The van der Waals surface area contributed by atoms with Gasteiger partial charge in [0.15, 0.2) is 6.10 Å². The fourth-order valence-electron chi connectivity index (χ4n) is 2.39. The molecule has 2 unspecified atom stereocenters. The molecule has 2 atom stereocenters. The first-order chi connectivity index (χ1) is 10.1. The van der Waals surface area contributed by atoms with Crippen LogP contribution in [-0.2, 0) is 0 Å². The Morgan fingerprint density at radius 3 is 2.71 bits per heavy atom. The van der Waals surface area contributed by atoms with Crippen LogP contribution >= 0.6 is 0 Å². The van der Waals surface area contributed by atoms with Crippen molar-refractivity contribution >= 4 is 17.2 Å². The highest BCUT2D eigenvalue weighted by Crippen LogP contribution is 2.32. The Balaban J connectivity index is 1.87. The van der Waals surface area contributed by atoms with Crippen molar-refractivity contribution in [3.63, 3.8) is 0 Å². The average molecular weight is 281 g/mol. The van der Waals surface area contributed by atoms with Crippen LogP contribution in [0.25, 0.3) is 0 Å². The first-order valence-electron chi connectivity index (χ1n) is 7.09. The summed E-state index contributed by atoms with van der Waals surface area (Å²) in [4.78, 5) is 4.76. The summed E-state index contributed by atoms with van der Waals surface area (Å²) in [5.41, 5.74) is 8.57. The summed E-state index contributed by atoms with van der Waals surface area (Å²) in [6.45, 7) is 4.06. The van der Waals surface area contributed by atoms with Gasteiger partial charge in [-0.05, 0) is 37.6 Å². The monoisotopic (exact) mass is 281 g/mol. The van der Waals surface area contributed by atoms with Gasteiger partial charge < -0.3 is 15.8 Å². The maximum Gasteiger partial charge on any atom is 0.153 e. The van der Waals surface area contributed by atoms with Gasteiger partial charge in [0.05, 0.1) is 11.7 Å². The highest BCUT2D eigenvalue weighted by Gasteiger charge is 2.22. The number of ether oxygens (including phenoxy) is 1. The second kappa shape index (κ2) is 5.48. The molecule has 0 aliphatic carbocycles. The smallest absolute Gasteiger partial charge is 0.153 e. The number of benzene rings is 2. The van der Waals surface area contributed by atoms with E-state index in [-0.39, 0.29) is 12.1 Å². The van der Waals surface area contributed by atoms with E-state index >= 15 is 0 Å². The zero-order valence-corrected chi connectivity index (χ0v) is 12.2. The lowest BCUT2D eigenvalue weighted by molar-refractivity contribution is 0.282. The summed E-state index contributed by atoms with van der Waals surface area (Å²) < 4.78 is 5.89.